The number of amides is 1. The van der Waals surface area contributed by atoms with Gasteiger partial charge in [0.2, 0.25) is 0 Å². The number of nitrogens with zero attached hydrogens (tertiary/aromatic N) is 2. The predicted octanol–water partition coefficient (Wildman–Crippen LogP) is 3.75. The van der Waals surface area contributed by atoms with Crippen molar-refractivity contribution in [3.63, 3.8) is 0 Å². The average Bonchev–Trinajstić information content (AvgIpc) is 3.25. The van der Waals surface area contributed by atoms with Gasteiger partial charge >= 0.3 is 5.97 Å². The molecule has 0 radical (unpaired) electrons. The van der Waals surface area contributed by atoms with E-state index in [0.29, 0.717) is 6.54 Å². The van der Waals surface area contributed by atoms with E-state index in [0.717, 1.165) is 34.7 Å². The molecule has 0 saturated carbocycles. The largest absolute Gasteiger partial charge is 0.480 e. The maximum atomic E-state index is 12.6. The first kappa shape index (κ1) is 25.5. The van der Waals surface area contributed by atoms with Gasteiger partial charge in [0.15, 0.2) is 5.96 Å². The monoisotopic (exact) mass is 519 g/mol. The molecule has 178 valence electrons. The highest BCUT2D eigenvalue weighted by molar-refractivity contribution is 7.13. The number of carbonyl (C=O) groups excluding carboxylic acids is 1. The second-order valence-electron chi connectivity index (χ2n) is 7.42. The number of carbonyl (C=O) groups is 2. The Morgan fingerprint density at radius 3 is 2.41 bits per heavy atom. The number of carboxylic acids is 1. The molecule has 34 heavy (non-hydrogen) atoms. The summed E-state index contributed by atoms with van der Waals surface area (Å²) in [7, 11) is 0. The van der Waals surface area contributed by atoms with Crippen LogP contribution in [0.15, 0.2) is 52.8 Å². The molecule has 1 heterocycles. The number of thiazole rings is 1. The Morgan fingerprint density at radius 1 is 1.12 bits per heavy atom. The van der Waals surface area contributed by atoms with Gasteiger partial charge in [0.1, 0.15) is 11.0 Å². The molecule has 1 aromatic heterocycles. The summed E-state index contributed by atoms with van der Waals surface area (Å²) >= 11 is 13.6. The Hall–Kier alpha value is -3.14. The van der Waals surface area contributed by atoms with Crippen LogP contribution in [-0.4, -0.2) is 40.5 Å². The summed E-state index contributed by atoms with van der Waals surface area (Å²) in [6.45, 7) is 0.549. The molecule has 0 fully saturated rings. The van der Waals surface area contributed by atoms with E-state index < -0.39 is 17.9 Å². The van der Waals surface area contributed by atoms with E-state index in [9.17, 15) is 14.7 Å². The van der Waals surface area contributed by atoms with Crippen LogP contribution in [0.3, 0.4) is 0 Å². The van der Waals surface area contributed by atoms with Crippen LogP contribution < -0.4 is 16.8 Å². The van der Waals surface area contributed by atoms with Gasteiger partial charge in [-0.05, 0) is 30.5 Å². The van der Waals surface area contributed by atoms with E-state index in [1.165, 1.54) is 23.5 Å². The third-order valence-electron chi connectivity index (χ3n) is 4.87. The molecular weight excluding hydrogens is 497 g/mol. The van der Waals surface area contributed by atoms with Crippen LogP contribution in [0.1, 0.15) is 28.0 Å². The van der Waals surface area contributed by atoms with E-state index >= 15 is 0 Å². The van der Waals surface area contributed by atoms with Crippen molar-refractivity contribution in [1.29, 1.82) is 0 Å². The standard InChI is InChI=1S/C23H23Cl2N5O3S/c24-16-4-1-5-17(25)19(16)20(31)30-18(22(32)33)11-13-6-8-14(9-7-13)21-29-15(12-34-21)3-2-10-28-23(26)27/h1,4-9,12,18H,2-3,10-11H2,(H,30,31)(H,32,33)(H4,26,27,28)/t18-/m0/s1. The first-order chi connectivity index (χ1) is 16.2. The Kier molecular flexibility index (Phi) is 8.86. The van der Waals surface area contributed by atoms with Crippen molar-refractivity contribution in [2.45, 2.75) is 25.3 Å². The van der Waals surface area contributed by atoms with Gasteiger partial charge in [0.25, 0.3) is 5.91 Å². The number of guanidine groups is 1. The van der Waals surface area contributed by atoms with Crippen molar-refractivity contribution < 1.29 is 14.7 Å². The Balaban J connectivity index is 1.64. The van der Waals surface area contributed by atoms with Crippen LogP contribution in [0.5, 0.6) is 0 Å². The number of rotatable bonds is 10. The molecule has 0 spiro atoms. The van der Waals surface area contributed by atoms with Crippen LogP contribution in [0.2, 0.25) is 10.0 Å². The number of aliphatic imine (C=N–C) groups is 1. The average molecular weight is 520 g/mol. The number of hydrogen-bond donors (Lipinski definition) is 4. The van der Waals surface area contributed by atoms with Crippen molar-refractivity contribution >= 4 is 52.4 Å². The number of carboxylic acid groups (broad SMARTS) is 1. The highest BCUT2D eigenvalue weighted by Crippen LogP contribution is 2.26. The number of hydrogen-bond acceptors (Lipinski definition) is 5. The smallest absolute Gasteiger partial charge is 0.326 e. The Morgan fingerprint density at radius 2 is 1.79 bits per heavy atom. The lowest BCUT2D eigenvalue weighted by atomic mass is 10.0. The fraction of sp³-hybridized carbons (Fsp3) is 0.217. The number of aromatic nitrogens is 1. The zero-order valence-electron chi connectivity index (χ0n) is 18.0. The number of aliphatic carboxylic acids is 1. The number of nitrogens with two attached hydrogens (primary N) is 2. The molecule has 3 aromatic rings. The van der Waals surface area contributed by atoms with Crippen molar-refractivity contribution in [2.75, 3.05) is 6.54 Å². The minimum absolute atomic E-state index is 0.0466. The highest BCUT2D eigenvalue weighted by Gasteiger charge is 2.23. The van der Waals surface area contributed by atoms with Crippen LogP contribution in [-0.2, 0) is 17.6 Å². The first-order valence-electron chi connectivity index (χ1n) is 10.3. The molecule has 2 aromatic carbocycles. The molecular formula is C23H23Cl2N5O3S. The summed E-state index contributed by atoms with van der Waals surface area (Å²) < 4.78 is 0. The minimum Gasteiger partial charge on any atom is -0.480 e. The summed E-state index contributed by atoms with van der Waals surface area (Å²) in [6, 6.07) is 10.9. The van der Waals surface area contributed by atoms with Gasteiger partial charge in [-0.15, -0.1) is 11.3 Å². The molecule has 0 bridgehead atoms. The normalized spacial score (nSPS) is 11.6. The molecule has 0 aliphatic heterocycles. The summed E-state index contributed by atoms with van der Waals surface area (Å²) in [6.07, 6.45) is 1.65. The number of benzene rings is 2. The lowest BCUT2D eigenvalue weighted by molar-refractivity contribution is -0.139. The van der Waals surface area contributed by atoms with Crippen LogP contribution >= 0.6 is 34.5 Å². The summed E-state index contributed by atoms with van der Waals surface area (Å²) in [4.78, 5) is 33.0. The molecule has 8 nitrogen and oxygen atoms in total. The van der Waals surface area contributed by atoms with Gasteiger partial charge in [0, 0.05) is 23.9 Å². The van der Waals surface area contributed by atoms with Crippen LogP contribution in [0, 0.1) is 0 Å². The van der Waals surface area contributed by atoms with E-state index in [2.05, 4.69) is 15.3 Å². The van der Waals surface area contributed by atoms with Gasteiger partial charge in [-0.2, -0.15) is 0 Å². The molecule has 1 amide bonds. The Labute approximate surface area is 210 Å². The molecule has 0 aliphatic rings. The fourth-order valence-corrected chi connectivity index (χ4v) is 4.62. The minimum atomic E-state index is -1.16. The second kappa shape index (κ2) is 11.8. The second-order valence-corrected chi connectivity index (χ2v) is 9.09. The fourth-order valence-electron chi connectivity index (χ4n) is 3.19. The van der Waals surface area contributed by atoms with E-state index in [4.69, 9.17) is 34.7 Å². The highest BCUT2D eigenvalue weighted by atomic mass is 35.5. The third-order valence-corrected chi connectivity index (χ3v) is 6.44. The predicted molar refractivity (Wildman–Crippen MR) is 136 cm³/mol. The van der Waals surface area contributed by atoms with Gasteiger partial charge in [-0.3, -0.25) is 9.79 Å². The van der Waals surface area contributed by atoms with Crippen molar-refractivity contribution in [3.8, 4) is 10.6 Å². The molecule has 0 unspecified atom stereocenters. The van der Waals surface area contributed by atoms with Crippen molar-refractivity contribution in [2.24, 2.45) is 16.5 Å². The van der Waals surface area contributed by atoms with E-state index in [1.807, 2.05) is 29.6 Å². The lowest BCUT2D eigenvalue weighted by Crippen LogP contribution is -2.42. The molecule has 6 N–H and O–H groups in total. The number of halogens is 2. The van der Waals surface area contributed by atoms with Gasteiger partial charge in [0.05, 0.1) is 21.3 Å². The SMILES string of the molecule is NC(N)=NCCCc1csc(-c2ccc(C[C@H](NC(=O)c3c(Cl)cccc3Cl)C(=O)O)cc2)n1. The summed E-state index contributed by atoms with van der Waals surface area (Å²) in [5.41, 5.74) is 13.3. The quantitative estimate of drug-likeness (QED) is 0.182. The lowest BCUT2D eigenvalue weighted by Gasteiger charge is -2.16. The zero-order chi connectivity index (χ0) is 24.7. The van der Waals surface area contributed by atoms with E-state index in [-0.39, 0.29) is 28.0 Å². The van der Waals surface area contributed by atoms with Crippen molar-refractivity contribution in [1.82, 2.24) is 10.3 Å². The summed E-state index contributed by atoms with van der Waals surface area (Å²) in [5.74, 6) is -1.72. The topological polar surface area (TPSA) is 144 Å². The number of nitrogens with one attached hydrogen (secondary N) is 1. The maximum Gasteiger partial charge on any atom is 0.326 e. The molecule has 3 rings (SSSR count). The van der Waals surface area contributed by atoms with Gasteiger partial charge < -0.3 is 21.9 Å². The van der Waals surface area contributed by atoms with E-state index in [1.54, 1.807) is 6.07 Å². The molecule has 0 saturated heterocycles. The molecule has 1 atom stereocenters. The van der Waals surface area contributed by atoms with Crippen LogP contribution in [0.4, 0.5) is 0 Å². The molecule has 0 aliphatic carbocycles. The third kappa shape index (κ3) is 6.93. The van der Waals surface area contributed by atoms with Crippen molar-refractivity contribution in [3.05, 3.63) is 74.7 Å². The van der Waals surface area contributed by atoms with Gasteiger partial charge in [-0.25, -0.2) is 9.78 Å². The first-order valence-corrected chi connectivity index (χ1v) is 11.9. The molecule has 11 heteroatoms. The van der Waals surface area contributed by atoms with Gasteiger partial charge in [-0.1, -0.05) is 53.5 Å². The maximum absolute atomic E-state index is 12.6. The number of aryl methyl sites for hydroxylation is 1. The summed E-state index contributed by atoms with van der Waals surface area (Å²) in [5, 5.41) is 15.3. The Bertz CT molecular complexity index is 1170. The van der Waals surface area contributed by atoms with Crippen LogP contribution in [0.25, 0.3) is 10.6 Å². The zero-order valence-corrected chi connectivity index (χ0v) is 20.3.